The number of esters is 1. The van der Waals surface area contributed by atoms with Crippen LogP contribution in [-0.4, -0.2) is 54.3 Å². The Morgan fingerprint density at radius 2 is 1.89 bits per heavy atom. The summed E-state index contributed by atoms with van der Waals surface area (Å²) in [6.07, 6.45) is 0.0952. The molecule has 0 spiro atoms. The van der Waals surface area contributed by atoms with Gasteiger partial charge >= 0.3 is 5.97 Å². The average molecular weight is 481 g/mol. The van der Waals surface area contributed by atoms with E-state index in [1.807, 2.05) is 57.2 Å². The number of benzene rings is 2. The first-order chi connectivity index (χ1) is 16.6. The van der Waals surface area contributed by atoms with Gasteiger partial charge in [-0.15, -0.1) is 0 Å². The molecule has 0 radical (unpaired) electrons. The quantitative estimate of drug-likeness (QED) is 0.456. The standard InChI is InChI=1S/C27H32N2O6/c1-26(2,3)35-22(31)14-15-27-23(20-8-5-6-9-21(20)29(4)25(27)32)34-24(28-27)18-10-12-19(13-11-18)33-17-7-16-30/h5-6,8-13,23,30H,7,14-17H2,1-4H3/t23-,27-/m0/s1. The van der Waals surface area contributed by atoms with Crippen molar-refractivity contribution in [3.63, 3.8) is 0 Å². The predicted octanol–water partition coefficient (Wildman–Crippen LogP) is 3.80. The molecule has 8 nitrogen and oxygen atoms in total. The van der Waals surface area contributed by atoms with Crippen molar-refractivity contribution in [2.75, 3.05) is 25.2 Å². The summed E-state index contributed by atoms with van der Waals surface area (Å²) in [5.41, 5.74) is 0.431. The van der Waals surface area contributed by atoms with E-state index in [9.17, 15) is 9.59 Å². The summed E-state index contributed by atoms with van der Waals surface area (Å²) in [5.74, 6) is 0.412. The third-order valence-electron chi connectivity index (χ3n) is 6.02. The van der Waals surface area contributed by atoms with E-state index in [0.29, 0.717) is 30.2 Å². The zero-order valence-corrected chi connectivity index (χ0v) is 20.6. The van der Waals surface area contributed by atoms with E-state index in [0.717, 1.165) is 11.3 Å². The minimum atomic E-state index is -1.27. The van der Waals surface area contributed by atoms with Crippen LogP contribution in [0.1, 0.15) is 57.3 Å². The molecule has 0 aliphatic carbocycles. The summed E-state index contributed by atoms with van der Waals surface area (Å²) in [6.45, 7) is 5.93. The van der Waals surface area contributed by atoms with Crippen LogP contribution in [0.3, 0.4) is 0 Å². The van der Waals surface area contributed by atoms with Crippen molar-refractivity contribution in [3.05, 3.63) is 59.7 Å². The molecule has 0 saturated carbocycles. The molecule has 1 amide bonds. The van der Waals surface area contributed by atoms with Crippen molar-refractivity contribution in [3.8, 4) is 5.75 Å². The minimum absolute atomic E-state index is 0.0350. The Morgan fingerprint density at radius 1 is 1.17 bits per heavy atom. The molecule has 0 bridgehead atoms. The summed E-state index contributed by atoms with van der Waals surface area (Å²) in [7, 11) is 1.72. The Kier molecular flexibility index (Phi) is 6.85. The SMILES string of the molecule is CN1C(=O)[C@@]2(CCC(=O)OC(C)(C)C)N=C(c3ccc(OCCCO)cc3)O[C@H]2c2ccccc21. The smallest absolute Gasteiger partial charge is 0.306 e. The van der Waals surface area contributed by atoms with Gasteiger partial charge in [-0.25, -0.2) is 4.99 Å². The molecule has 0 aromatic heterocycles. The van der Waals surface area contributed by atoms with Gasteiger partial charge in [-0.3, -0.25) is 9.59 Å². The molecule has 2 heterocycles. The number of aliphatic imine (C=N–C) groups is 1. The second-order valence-electron chi connectivity index (χ2n) is 9.80. The number of anilines is 1. The molecule has 1 N–H and O–H groups in total. The maximum absolute atomic E-state index is 13.7. The number of carbonyl (C=O) groups is 2. The highest BCUT2D eigenvalue weighted by Gasteiger charge is 2.58. The number of hydrogen-bond acceptors (Lipinski definition) is 7. The average Bonchev–Trinajstić information content (AvgIpc) is 3.22. The van der Waals surface area contributed by atoms with Gasteiger partial charge in [-0.05, 0) is 57.5 Å². The van der Waals surface area contributed by atoms with Crippen LogP contribution >= 0.6 is 0 Å². The highest BCUT2D eigenvalue weighted by molar-refractivity contribution is 6.08. The lowest BCUT2D eigenvalue weighted by Gasteiger charge is -2.40. The number of rotatable bonds is 8. The molecule has 0 fully saturated rings. The fourth-order valence-corrected chi connectivity index (χ4v) is 4.43. The largest absolute Gasteiger partial charge is 0.494 e. The van der Waals surface area contributed by atoms with Gasteiger partial charge in [0, 0.05) is 37.6 Å². The molecule has 2 aliphatic rings. The highest BCUT2D eigenvalue weighted by Crippen LogP contribution is 2.50. The second-order valence-corrected chi connectivity index (χ2v) is 9.80. The van der Waals surface area contributed by atoms with Crippen LogP contribution in [0.4, 0.5) is 5.69 Å². The minimum Gasteiger partial charge on any atom is -0.494 e. The number of hydrogen-bond donors (Lipinski definition) is 1. The Bertz CT molecular complexity index is 1120. The molecule has 4 rings (SSSR count). The fourth-order valence-electron chi connectivity index (χ4n) is 4.43. The van der Waals surface area contributed by atoms with E-state index in [1.54, 1.807) is 24.1 Å². The third kappa shape index (κ3) is 5.03. The molecular formula is C27H32N2O6. The lowest BCUT2D eigenvalue weighted by molar-refractivity contribution is -0.155. The number of amides is 1. The summed E-state index contributed by atoms with van der Waals surface area (Å²) < 4.78 is 17.4. The molecule has 186 valence electrons. The topological polar surface area (TPSA) is 97.7 Å². The summed E-state index contributed by atoms with van der Waals surface area (Å²) in [4.78, 5) is 32.7. The number of para-hydroxylation sites is 1. The van der Waals surface area contributed by atoms with Crippen LogP contribution < -0.4 is 9.64 Å². The number of aliphatic hydroxyl groups excluding tert-OH is 1. The Morgan fingerprint density at radius 3 is 2.57 bits per heavy atom. The highest BCUT2D eigenvalue weighted by atomic mass is 16.6. The van der Waals surface area contributed by atoms with Crippen molar-refractivity contribution >= 4 is 23.5 Å². The van der Waals surface area contributed by atoms with Crippen LogP contribution in [-0.2, 0) is 19.1 Å². The van der Waals surface area contributed by atoms with E-state index in [4.69, 9.17) is 24.3 Å². The van der Waals surface area contributed by atoms with Gasteiger partial charge in [0.1, 0.15) is 11.4 Å². The maximum Gasteiger partial charge on any atom is 0.306 e. The van der Waals surface area contributed by atoms with Gasteiger partial charge in [0.05, 0.1) is 12.3 Å². The monoisotopic (exact) mass is 480 g/mol. The number of ether oxygens (including phenoxy) is 3. The van der Waals surface area contributed by atoms with Gasteiger partial charge in [0.25, 0.3) is 5.91 Å². The van der Waals surface area contributed by atoms with Gasteiger partial charge in [-0.2, -0.15) is 0 Å². The third-order valence-corrected chi connectivity index (χ3v) is 6.02. The molecule has 2 aliphatic heterocycles. The van der Waals surface area contributed by atoms with Crippen molar-refractivity contribution < 1.29 is 28.9 Å². The first-order valence-corrected chi connectivity index (χ1v) is 11.8. The van der Waals surface area contributed by atoms with Gasteiger partial charge < -0.3 is 24.2 Å². The first kappa shape index (κ1) is 24.7. The second kappa shape index (κ2) is 9.70. The molecular weight excluding hydrogens is 448 g/mol. The molecule has 8 heteroatoms. The maximum atomic E-state index is 13.7. The van der Waals surface area contributed by atoms with Crippen molar-refractivity contribution in [1.82, 2.24) is 0 Å². The van der Waals surface area contributed by atoms with Crippen molar-refractivity contribution in [2.24, 2.45) is 4.99 Å². The zero-order valence-electron chi connectivity index (χ0n) is 20.6. The van der Waals surface area contributed by atoms with Gasteiger partial charge in [0.2, 0.25) is 5.90 Å². The van der Waals surface area contributed by atoms with Crippen LogP contribution in [0.5, 0.6) is 5.75 Å². The number of nitrogens with zero attached hydrogens (tertiary/aromatic N) is 2. The normalized spacial score (nSPS) is 21.1. The zero-order chi connectivity index (χ0) is 25.2. The summed E-state index contributed by atoms with van der Waals surface area (Å²) >= 11 is 0. The Hall–Kier alpha value is -3.39. The molecule has 35 heavy (non-hydrogen) atoms. The predicted molar refractivity (Wildman–Crippen MR) is 132 cm³/mol. The molecule has 0 saturated heterocycles. The molecule has 2 aromatic carbocycles. The number of likely N-dealkylation sites (N-methyl/N-ethyl adjacent to an activating group) is 1. The van der Waals surface area contributed by atoms with E-state index >= 15 is 0 Å². The molecule has 0 unspecified atom stereocenters. The van der Waals surface area contributed by atoms with Gasteiger partial charge in [0.15, 0.2) is 11.6 Å². The summed E-state index contributed by atoms with van der Waals surface area (Å²) in [5, 5.41) is 8.93. The van der Waals surface area contributed by atoms with E-state index in [-0.39, 0.29) is 31.3 Å². The van der Waals surface area contributed by atoms with Crippen LogP contribution in [0.25, 0.3) is 0 Å². The van der Waals surface area contributed by atoms with Crippen molar-refractivity contribution in [1.29, 1.82) is 0 Å². The van der Waals surface area contributed by atoms with E-state index in [1.165, 1.54) is 0 Å². The van der Waals surface area contributed by atoms with E-state index in [2.05, 4.69) is 0 Å². The van der Waals surface area contributed by atoms with Gasteiger partial charge in [-0.1, -0.05) is 18.2 Å². The van der Waals surface area contributed by atoms with Crippen LogP contribution in [0, 0.1) is 0 Å². The number of fused-ring (bicyclic) bond motifs is 3. The fraction of sp³-hybridized carbons (Fsp3) is 0.444. The lowest BCUT2D eigenvalue weighted by atomic mass is 9.79. The number of aliphatic hydroxyl groups is 1. The Labute approximate surface area is 205 Å². The van der Waals surface area contributed by atoms with Crippen LogP contribution in [0.15, 0.2) is 53.5 Å². The van der Waals surface area contributed by atoms with Crippen molar-refractivity contribution in [2.45, 2.75) is 57.3 Å². The van der Waals surface area contributed by atoms with E-state index < -0.39 is 17.2 Å². The van der Waals surface area contributed by atoms with Crippen LogP contribution in [0.2, 0.25) is 0 Å². The summed E-state index contributed by atoms with van der Waals surface area (Å²) in [6, 6.07) is 14.8. The first-order valence-electron chi connectivity index (χ1n) is 11.8. The molecule has 2 atom stereocenters. The lowest BCUT2D eigenvalue weighted by Crippen LogP contribution is -2.53. The number of carbonyl (C=O) groups excluding carboxylic acids is 2. The molecule has 2 aromatic rings. The Balaban J connectivity index is 1.66.